The van der Waals surface area contributed by atoms with Crippen LogP contribution in [0.15, 0.2) is 29.3 Å². The number of hydrogen-bond donors (Lipinski definition) is 2. The van der Waals surface area contributed by atoms with E-state index in [0.29, 0.717) is 0 Å². The van der Waals surface area contributed by atoms with E-state index in [-0.39, 0.29) is 5.54 Å². The predicted octanol–water partition coefficient (Wildman–Crippen LogP) is 2.85. The summed E-state index contributed by atoms with van der Waals surface area (Å²) in [4.78, 5) is 4.19. The van der Waals surface area contributed by atoms with Gasteiger partial charge in [0.2, 0.25) is 0 Å². The first-order valence-corrected chi connectivity index (χ1v) is 6.52. The molecule has 0 aliphatic heterocycles. The first-order valence-electron chi connectivity index (χ1n) is 6.14. The highest BCUT2D eigenvalue weighted by Crippen LogP contribution is 2.09. The fourth-order valence-corrected chi connectivity index (χ4v) is 1.64. The lowest BCUT2D eigenvalue weighted by atomic mass is 10.1. The van der Waals surface area contributed by atoms with Crippen molar-refractivity contribution in [2.24, 2.45) is 4.99 Å². The second kappa shape index (κ2) is 6.64. The van der Waals surface area contributed by atoms with E-state index in [2.05, 4.69) is 36.4 Å². The number of guanidine groups is 1. The molecule has 0 unspecified atom stereocenters. The number of nitrogens with zero attached hydrogens (tertiary/aromatic N) is 1. The summed E-state index contributed by atoms with van der Waals surface area (Å²) in [7, 11) is 1.78. The molecule has 0 aliphatic rings. The summed E-state index contributed by atoms with van der Waals surface area (Å²) >= 11 is 5.85. The average Bonchev–Trinajstić information content (AvgIpc) is 2.29. The first kappa shape index (κ1) is 14.8. The van der Waals surface area contributed by atoms with Gasteiger partial charge in [0, 0.05) is 24.2 Å². The number of benzene rings is 1. The van der Waals surface area contributed by atoms with E-state index in [4.69, 9.17) is 11.6 Å². The molecule has 0 fully saturated rings. The maximum absolute atomic E-state index is 5.85. The van der Waals surface area contributed by atoms with Crippen molar-refractivity contribution in [2.45, 2.75) is 32.7 Å². The summed E-state index contributed by atoms with van der Waals surface area (Å²) < 4.78 is 0. The van der Waals surface area contributed by atoms with E-state index in [1.165, 1.54) is 5.56 Å². The summed E-state index contributed by atoms with van der Waals surface area (Å²) in [5.41, 5.74) is 1.28. The minimum atomic E-state index is 0.0160. The van der Waals surface area contributed by atoms with Gasteiger partial charge in [-0.3, -0.25) is 4.99 Å². The Kier molecular flexibility index (Phi) is 5.48. The Morgan fingerprint density at radius 1 is 1.22 bits per heavy atom. The van der Waals surface area contributed by atoms with Crippen LogP contribution in [0, 0.1) is 0 Å². The zero-order valence-electron chi connectivity index (χ0n) is 11.5. The number of hydrogen-bond acceptors (Lipinski definition) is 1. The number of nitrogens with one attached hydrogen (secondary N) is 2. The van der Waals surface area contributed by atoms with Crippen molar-refractivity contribution in [1.82, 2.24) is 10.6 Å². The molecular weight excluding hydrogens is 246 g/mol. The highest BCUT2D eigenvalue weighted by Gasteiger charge is 2.11. The van der Waals surface area contributed by atoms with Gasteiger partial charge in [0.15, 0.2) is 5.96 Å². The summed E-state index contributed by atoms with van der Waals surface area (Å²) in [6.45, 7) is 7.18. The molecule has 0 atom stereocenters. The average molecular weight is 268 g/mol. The maximum atomic E-state index is 5.85. The monoisotopic (exact) mass is 267 g/mol. The van der Waals surface area contributed by atoms with Crippen molar-refractivity contribution in [3.63, 3.8) is 0 Å². The van der Waals surface area contributed by atoms with Crippen LogP contribution < -0.4 is 10.6 Å². The Morgan fingerprint density at radius 3 is 2.33 bits per heavy atom. The summed E-state index contributed by atoms with van der Waals surface area (Å²) in [6.07, 6.45) is 0.946. The predicted molar refractivity (Wildman–Crippen MR) is 79.4 cm³/mol. The lowest BCUT2D eigenvalue weighted by Crippen LogP contribution is -2.48. The lowest BCUT2D eigenvalue weighted by molar-refractivity contribution is 0.501. The van der Waals surface area contributed by atoms with Crippen LogP contribution in [-0.4, -0.2) is 25.1 Å². The molecular formula is C14H22ClN3. The molecule has 0 aromatic heterocycles. The molecule has 1 aromatic carbocycles. The van der Waals surface area contributed by atoms with Crippen LogP contribution in [0.3, 0.4) is 0 Å². The smallest absolute Gasteiger partial charge is 0.191 e. The molecule has 0 amide bonds. The van der Waals surface area contributed by atoms with Crippen LogP contribution in [0.25, 0.3) is 0 Å². The molecule has 100 valence electrons. The molecule has 0 heterocycles. The highest BCUT2D eigenvalue weighted by atomic mass is 35.5. The van der Waals surface area contributed by atoms with Gasteiger partial charge >= 0.3 is 0 Å². The van der Waals surface area contributed by atoms with Gasteiger partial charge in [-0.25, -0.2) is 0 Å². The Balaban J connectivity index is 2.38. The minimum absolute atomic E-state index is 0.0160. The Bertz CT molecular complexity index is 390. The molecule has 0 aliphatic carbocycles. The molecule has 0 saturated carbocycles. The molecule has 3 nitrogen and oxygen atoms in total. The van der Waals surface area contributed by atoms with E-state index in [1.54, 1.807) is 7.05 Å². The summed E-state index contributed by atoms with van der Waals surface area (Å²) in [5, 5.41) is 7.39. The van der Waals surface area contributed by atoms with Gasteiger partial charge in [-0.1, -0.05) is 23.7 Å². The summed E-state index contributed by atoms with van der Waals surface area (Å²) in [6, 6.07) is 7.92. The van der Waals surface area contributed by atoms with Crippen LogP contribution in [0.2, 0.25) is 5.02 Å². The van der Waals surface area contributed by atoms with Crippen molar-refractivity contribution in [2.75, 3.05) is 13.6 Å². The van der Waals surface area contributed by atoms with Gasteiger partial charge in [-0.2, -0.15) is 0 Å². The quantitative estimate of drug-likeness (QED) is 0.653. The third-order valence-electron chi connectivity index (χ3n) is 2.34. The molecule has 0 spiro atoms. The van der Waals surface area contributed by atoms with Gasteiger partial charge in [-0.05, 0) is 44.9 Å². The molecule has 0 saturated heterocycles. The molecule has 2 N–H and O–H groups in total. The maximum Gasteiger partial charge on any atom is 0.191 e. The lowest BCUT2D eigenvalue weighted by Gasteiger charge is -2.23. The second-order valence-corrected chi connectivity index (χ2v) is 5.69. The molecule has 18 heavy (non-hydrogen) atoms. The van der Waals surface area contributed by atoms with E-state index in [0.717, 1.165) is 23.9 Å². The van der Waals surface area contributed by atoms with Gasteiger partial charge in [0.1, 0.15) is 0 Å². The van der Waals surface area contributed by atoms with Crippen molar-refractivity contribution in [3.05, 3.63) is 34.9 Å². The van der Waals surface area contributed by atoms with Crippen LogP contribution in [0.5, 0.6) is 0 Å². The first-order chi connectivity index (χ1) is 8.40. The van der Waals surface area contributed by atoms with Gasteiger partial charge < -0.3 is 10.6 Å². The molecule has 4 heteroatoms. The van der Waals surface area contributed by atoms with Crippen LogP contribution >= 0.6 is 11.6 Å². The van der Waals surface area contributed by atoms with Gasteiger partial charge in [-0.15, -0.1) is 0 Å². The third-order valence-corrected chi connectivity index (χ3v) is 2.59. The molecule has 1 aromatic rings. The van der Waals surface area contributed by atoms with Crippen LogP contribution in [0.1, 0.15) is 26.3 Å². The van der Waals surface area contributed by atoms with Crippen molar-refractivity contribution >= 4 is 17.6 Å². The number of halogens is 1. The Labute approximate surface area is 115 Å². The van der Waals surface area contributed by atoms with Crippen molar-refractivity contribution < 1.29 is 0 Å². The fraction of sp³-hybridized carbons (Fsp3) is 0.500. The normalized spacial score (nSPS) is 12.4. The van der Waals surface area contributed by atoms with Crippen molar-refractivity contribution in [3.8, 4) is 0 Å². The zero-order valence-corrected chi connectivity index (χ0v) is 12.3. The molecule has 1 rings (SSSR count). The van der Waals surface area contributed by atoms with Crippen LogP contribution in [-0.2, 0) is 6.42 Å². The van der Waals surface area contributed by atoms with Gasteiger partial charge in [0.25, 0.3) is 0 Å². The van der Waals surface area contributed by atoms with E-state index in [9.17, 15) is 0 Å². The van der Waals surface area contributed by atoms with Crippen molar-refractivity contribution in [1.29, 1.82) is 0 Å². The Hall–Kier alpha value is -1.22. The van der Waals surface area contributed by atoms with Gasteiger partial charge in [0.05, 0.1) is 0 Å². The standard InChI is InChI=1S/C14H22ClN3/c1-14(2,3)18-13(16-4)17-10-9-11-5-7-12(15)8-6-11/h5-8H,9-10H2,1-4H3,(H2,16,17,18). The number of rotatable bonds is 3. The van der Waals surface area contributed by atoms with E-state index in [1.807, 2.05) is 24.3 Å². The van der Waals surface area contributed by atoms with Crippen LogP contribution in [0.4, 0.5) is 0 Å². The molecule has 0 radical (unpaired) electrons. The third kappa shape index (κ3) is 5.92. The van der Waals surface area contributed by atoms with E-state index >= 15 is 0 Å². The second-order valence-electron chi connectivity index (χ2n) is 5.25. The zero-order chi connectivity index (χ0) is 13.6. The minimum Gasteiger partial charge on any atom is -0.356 e. The molecule has 0 bridgehead atoms. The topological polar surface area (TPSA) is 36.4 Å². The van der Waals surface area contributed by atoms with E-state index < -0.39 is 0 Å². The largest absolute Gasteiger partial charge is 0.356 e. The number of aliphatic imine (C=N–C) groups is 1. The fourth-order valence-electron chi connectivity index (χ4n) is 1.51. The summed E-state index contributed by atoms with van der Waals surface area (Å²) in [5.74, 6) is 0.830. The Morgan fingerprint density at radius 2 is 1.83 bits per heavy atom. The highest BCUT2D eigenvalue weighted by molar-refractivity contribution is 6.30. The SMILES string of the molecule is CN=C(NCCc1ccc(Cl)cc1)NC(C)(C)C.